The van der Waals surface area contributed by atoms with E-state index in [4.69, 9.17) is 4.74 Å². The molecule has 1 unspecified atom stereocenters. The first-order valence-electron chi connectivity index (χ1n) is 7.40. The Hall–Kier alpha value is -0.790. The molecule has 4 fully saturated rings. The first-order chi connectivity index (χ1) is 8.61. The van der Waals surface area contributed by atoms with E-state index < -0.39 is 0 Å². The standard InChI is InChI=1S/C16H24O2/c1-3-15(17)18-10-11(2)16-7-12-4-13(8-16)6-14(5-12)9-16/h3,11-14H,1,4-10H2,2H3. The number of hydrogen-bond donors (Lipinski definition) is 0. The molecule has 4 aliphatic rings. The van der Waals surface area contributed by atoms with Gasteiger partial charge in [0.1, 0.15) is 0 Å². The Morgan fingerprint density at radius 3 is 2.22 bits per heavy atom. The van der Waals surface area contributed by atoms with E-state index in [2.05, 4.69) is 13.5 Å². The molecular formula is C16H24O2. The van der Waals surface area contributed by atoms with Crippen molar-refractivity contribution < 1.29 is 9.53 Å². The Morgan fingerprint density at radius 2 is 1.78 bits per heavy atom. The largest absolute Gasteiger partial charge is 0.462 e. The van der Waals surface area contributed by atoms with E-state index >= 15 is 0 Å². The van der Waals surface area contributed by atoms with E-state index in [0.29, 0.717) is 17.9 Å². The van der Waals surface area contributed by atoms with Crippen molar-refractivity contribution in [3.63, 3.8) is 0 Å². The van der Waals surface area contributed by atoms with Gasteiger partial charge in [-0.2, -0.15) is 0 Å². The molecule has 0 aromatic heterocycles. The molecule has 100 valence electrons. The molecule has 0 saturated heterocycles. The number of carbonyl (C=O) groups is 1. The van der Waals surface area contributed by atoms with Crippen LogP contribution in [0.1, 0.15) is 45.4 Å². The Kier molecular flexibility index (Phi) is 2.99. The molecule has 4 bridgehead atoms. The zero-order valence-electron chi connectivity index (χ0n) is 11.4. The van der Waals surface area contributed by atoms with Gasteiger partial charge in [-0.3, -0.25) is 0 Å². The third kappa shape index (κ3) is 2.00. The molecule has 18 heavy (non-hydrogen) atoms. The van der Waals surface area contributed by atoms with Crippen LogP contribution in [-0.2, 0) is 9.53 Å². The monoisotopic (exact) mass is 248 g/mol. The van der Waals surface area contributed by atoms with Gasteiger partial charge in [-0.15, -0.1) is 0 Å². The van der Waals surface area contributed by atoms with Crippen LogP contribution in [0.4, 0.5) is 0 Å². The van der Waals surface area contributed by atoms with Crippen molar-refractivity contribution in [2.75, 3.05) is 6.61 Å². The summed E-state index contributed by atoms with van der Waals surface area (Å²) >= 11 is 0. The zero-order chi connectivity index (χ0) is 12.8. The lowest BCUT2D eigenvalue weighted by Crippen LogP contribution is -2.50. The van der Waals surface area contributed by atoms with Crippen LogP contribution >= 0.6 is 0 Å². The fraction of sp³-hybridized carbons (Fsp3) is 0.812. The quantitative estimate of drug-likeness (QED) is 0.561. The van der Waals surface area contributed by atoms with Crippen LogP contribution < -0.4 is 0 Å². The summed E-state index contributed by atoms with van der Waals surface area (Å²) in [6, 6.07) is 0. The van der Waals surface area contributed by atoms with Gasteiger partial charge in [0.2, 0.25) is 0 Å². The SMILES string of the molecule is C=CC(=O)OCC(C)C12CC3CC(CC(C3)C1)C2. The van der Waals surface area contributed by atoms with Gasteiger partial charge in [-0.05, 0) is 67.6 Å². The lowest BCUT2D eigenvalue weighted by atomic mass is 9.47. The van der Waals surface area contributed by atoms with Crippen LogP contribution in [0.2, 0.25) is 0 Å². The Balaban J connectivity index is 1.67. The van der Waals surface area contributed by atoms with Crippen LogP contribution in [-0.4, -0.2) is 12.6 Å². The predicted molar refractivity (Wildman–Crippen MR) is 70.9 cm³/mol. The number of rotatable bonds is 4. The Labute approximate surface area is 110 Å². The van der Waals surface area contributed by atoms with Crippen LogP contribution in [0, 0.1) is 29.1 Å². The average Bonchev–Trinajstić information content (AvgIpc) is 2.33. The van der Waals surface area contributed by atoms with Crippen molar-refractivity contribution in [1.82, 2.24) is 0 Å². The zero-order valence-corrected chi connectivity index (χ0v) is 11.4. The van der Waals surface area contributed by atoms with Crippen LogP contribution in [0.5, 0.6) is 0 Å². The van der Waals surface area contributed by atoms with Crippen molar-refractivity contribution >= 4 is 5.97 Å². The Morgan fingerprint density at radius 1 is 1.28 bits per heavy atom. The van der Waals surface area contributed by atoms with E-state index in [9.17, 15) is 4.79 Å². The maximum atomic E-state index is 11.2. The van der Waals surface area contributed by atoms with Crippen molar-refractivity contribution in [1.29, 1.82) is 0 Å². The minimum Gasteiger partial charge on any atom is -0.462 e. The van der Waals surface area contributed by atoms with Crippen molar-refractivity contribution in [2.24, 2.45) is 29.1 Å². The van der Waals surface area contributed by atoms with Crippen LogP contribution in [0.25, 0.3) is 0 Å². The van der Waals surface area contributed by atoms with Gasteiger partial charge in [0.25, 0.3) is 0 Å². The first-order valence-corrected chi connectivity index (χ1v) is 7.40. The van der Waals surface area contributed by atoms with E-state index in [0.717, 1.165) is 17.8 Å². The van der Waals surface area contributed by atoms with Gasteiger partial charge in [0, 0.05) is 6.08 Å². The highest BCUT2D eigenvalue weighted by molar-refractivity contribution is 5.81. The maximum absolute atomic E-state index is 11.2. The normalized spacial score (nSPS) is 42.6. The van der Waals surface area contributed by atoms with Crippen molar-refractivity contribution in [3.8, 4) is 0 Å². The molecule has 0 spiro atoms. The molecule has 2 nitrogen and oxygen atoms in total. The third-order valence-electron chi connectivity index (χ3n) is 5.77. The lowest BCUT2D eigenvalue weighted by Gasteiger charge is -2.59. The van der Waals surface area contributed by atoms with Gasteiger partial charge in [-0.1, -0.05) is 13.5 Å². The van der Waals surface area contributed by atoms with E-state index in [1.165, 1.54) is 44.6 Å². The van der Waals surface area contributed by atoms with Crippen LogP contribution in [0.3, 0.4) is 0 Å². The molecule has 4 saturated carbocycles. The summed E-state index contributed by atoms with van der Waals surface area (Å²) < 4.78 is 5.29. The van der Waals surface area contributed by atoms with Gasteiger partial charge in [0.15, 0.2) is 0 Å². The molecule has 0 amide bonds. The van der Waals surface area contributed by atoms with Crippen molar-refractivity contribution in [2.45, 2.75) is 45.4 Å². The lowest BCUT2D eigenvalue weighted by molar-refractivity contribution is -0.144. The Bertz CT molecular complexity index is 323. The first kappa shape index (κ1) is 12.3. The molecule has 0 N–H and O–H groups in total. The number of ether oxygens (including phenoxy) is 1. The van der Waals surface area contributed by atoms with E-state index in [-0.39, 0.29) is 5.97 Å². The minimum atomic E-state index is -0.272. The summed E-state index contributed by atoms with van der Waals surface area (Å²) in [5.74, 6) is 3.14. The molecule has 0 aromatic carbocycles. The fourth-order valence-electron chi connectivity index (χ4n) is 5.22. The second-order valence-corrected chi connectivity index (χ2v) is 7.02. The minimum absolute atomic E-state index is 0.272. The highest BCUT2D eigenvalue weighted by atomic mass is 16.5. The third-order valence-corrected chi connectivity index (χ3v) is 5.77. The van der Waals surface area contributed by atoms with E-state index in [1.54, 1.807) is 0 Å². The summed E-state index contributed by atoms with van der Waals surface area (Å²) in [5, 5.41) is 0. The smallest absolute Gasteiger partial charge is 0.330 e. The van der Waals surface area contributed by atoms with Gasteiger partial charge >= 0.3 is 5.97 Å². The summed E-state index contributed by atoms with van der Waals surface area (Å²) in [7, 11) is 0. The van der Waals surface area contributed by atoms with E-state index in [1.807, 2.05) is 0 Å². The molecule has 0 aliphatic heterocycles. The number of esters is 1. The molecular weight excluding hydrogens is 224 g/mol. The maximum Gasteiger partial charge on any atom is 0.330 e. The molecule has 2 heteroatoms. The summed E-state index contributed by atoms with van der Waals surface area (Å²) in [4.78, 5) is 11.2. The molecule has 4 rings (SSSR count). The summed E-state index contributed by atoms with van der Waals surface area (Å²) in [5.41, 5.74) is 0.482. The summed E-state index contributed by atoms with van der Waals surface area (Å²) in [6.07, 6.45) is 9.82. The highest BCUT2D eigenvalue weighted by Crippen LogP contribution is 2.62. The molecule has 1 atom stereocenters. The van der Waals surface area contributed by atoms with Crippen LogP contribution in [0.15, 0.2) is 12.7 Å². The van der Waals surface area contributed by atoms with Gasteiger partial charge in [-0.25, -0.2) is 4.79 Å². The molecule has 0 radical (unpaired) electrons. The topological polar surface area (TPSA) is 26.3 Å². The number of hydrogen-bond acceptors (Lipinski definition) is 2. The predicted octanol–water partition coefficient (Wildman–Crippen LogP) is 3.57. The van der Waals surface area contributed by atoms with Gasteiger partial charge in [0.05, 0.1) is 6.61 Å². The van der Waals surface area contributed by atoms with Crippen molar-refractivity contribution in [3.05, 3.63) is 12.7 Å². The number of carbonyl (C=O) groups excluding carboxylic acids is 1. The second-order valence-electron chi connectivity index (χ2n) is 7.02. The summed E-state index contributed by atoms with van der Waals surface area (Å²) in [6.45, 7) is 6.32. The molecule has 0 aromatic rings. The van der Waals surface area contributed by atoms with Gasteiger partial charge < -0.3 is 4.74 Å². The molecule has 4 aliphatic carbocycles. The highest BCUT2D eigenvalue weighted by Gasteiger charge is 2.53. The molecule has 0 heterocycles. The fourth-order valence-corrected chi connectivity index (χ4v) is 5.22. The average molecular weight is 248 g/mol. The second kappa shape index (κ2) is 4.40.